The predicted octanol–water partition coefficient (Wildman–Crippen LogP) is 2.43. The number of benzene rings is 1. The first-order chi connectivity index (χ1) is 13.7. The van der Waals surface area contributed by atoms with Crippen LogP contribution in [0.25, 0.3) is 0 Å². The van der Waals surface area contributed by atoms with E-state index in [1.165, 1.54) is 19.2 Å². The van der Waals surface area contributed by atoms with Gasteiger partial charge in [-0.15, -0.1) is 0 Å². The molecule has 2 aliphatic heterocycles. The summed E-state index contributed by atoms with van der Waals surface area (Å²) in [6, 6.07) is 5.69. The van der Waals surface area contributed by atoms with Gasteiger partial charge in [-0.25, -0.2) is 9.18 Å². The van der Waals surface area contributed by atoms with Gasteiger partial charge >= 0.3 is 5.97 Å². The van der Waals surface area contributed by atoms with Gasteiger partial charge in [0, 0.05) is 36.7 Å². The highest BCUT2D eigenvalue weighted by atomic mass is 19.1. The summed E-state index contributed by atoms with van der Waals surface area (Å²) in [5.74, 6) is -2.28. The zero-order valence-corrected chi connectivity index (χ0v) is 16.7. The summed E-state index contributed by atoms with van der Waals surface area (Å²) in [4.78, 5) is 40.7. The van der Waals surface area contributed by atoms with Crippen molar-refractivity contribution in [3.05, 3.63) is 58.2 Å². The normalized spacial score (nSPS) is 23.4. The van der Waals surface area contributed by atoms with E-state index in [-0.39, 0.29) is 28.4 Å². The smallest absolute Gasteiger partial charge is 0.337 e. The maximum Gasteiger partial charge on any atom is 0.337 e. The van der Waals surface area contributed by atoms with Gasteiger partial charge in [-0.2, -0.15) is 0 Å². The molecule has 1 fully saturated rings. The van der Waals surface area contributed by atoms with E-state index in [1.54, 1.807) is 17.0 Å². The molecular formula is C22H23FN2O4. The number of carbonyl (C=O) groups excluding carboxylic acids is 3. The Balaban J connectivity index is 2.01. The lowest BCUT2D eigenvalue weighted by Crippen LogP contribution is -2.51. The van der Waals surface area contributed by atoms with Crippen LogP contribution in [0.5, 0.6) is 0 Å². The molecule has 0 spiro atoms. The standard InChI is InChI=1S/C22H23FN2O4/c1-22(2)10-14-17(15(26)11-22)16(12-4-6-13(23)7-5-12)18(21(28)29-3)19-20(27)24-8-9-25(14)19/h4-7,16H,8-11H2,1-3H3,(H,24,27). The Bertz CT molecular complexity index is 975. The van der Waals surface area contributed by atoms with Crippen LogP contribution >= 0.6 is 0 Å². The summed E-state index contributed by atoms with van der Waals surface area (Å²) in [5, 5.41) is 2.78. The number of Topliss-reactive ketones (excluding diaryl/α,β-unsaturated/α-hetero) is 1. The molecule has 29 heavy (non-hydrogen) atoms. The highest BCUT2D eigenvalue weighted by Gasteiger charge is 2.48. The summed E-state index contributed by atoms with van der Waals surface area (Å²) in [6.07, 6.45) is 0.949. The fourth-order valence-electron chi connectivity index (χ4n) is 4.60. The summed E-state index contributed by atoms with van der Waals surface area (Å²) < 4.78 is 18.6. The van der Waals surface area contributed by atoms with E-state index in [2.05, 4.69) is 5.32 Å². The van der Waals surface area contributed by atoms with Crippen LogP contribution in [0.1, 0.15) is 38.2 Å². The Morgan fingerprint density at radius 2 is 1.90 bits per heavy atom. The number of esters is 1. The molecule has 1 unspecified atom stereocenters. The predicted molar refractivity (Wildman–Crippen MR) is 103 cm³/mol. The molecule has 1 atom stereocenters. The Kier molecular flexibility index (Phi) is 4.56. The lowest BCUT2D eigenvalue weighted by atomic mass is 9.68. The van der Waals surface area contributed by atoms with Crippen LogP contribution in [0.2, 0.25) is 0 Å². The Hall–Kier alpha value is -2.96. The molecular weight excluding hydrogens is 375 g/mol. The van der Waals surface area contributed by atoms with Gasteiger partial charge in [-0.05, 0) is 29.5 Å². The van der Waals surface area contributed by atoms with E-state index in [0.29, 0.717) is 37.1 Å². The quantitative estimate of drug-likeness (QED) is 0.775. The molecule has 0 radical (unpaired) electrons. The van der Waals surface area contributed by atoms with Crippen molar-refractivity contribution in [1.82, 2.24) is 10.2 Å². The van der Waals surface area contributed by atoms with Gasteiger partial charge in [0.25, 0.3) is 5.91 Å². The molecule has 152 valence electrons. The average molecular weight is 398 g/mol. The van der Waals surface area contributed by atoms with Crippen molar-refractivity contribution in [1.29, 1.82) is 0 Å². The Morgan fingerprint density at radius 3 is 2.55 bits per heavy atom. The first kappa shape index (κ1) is 19.4. The maximum absolute atomic E-state index is 13.6. The van der Waals surface area contributed by atoms with Crippen molar-refractivity contribution >= 4 is 17.7 Å². The monoisotopic (exact) mass is 398 g/mol. The van der Waals surface area contributed by atoms with Gasteiger partial charge < -0.3 is 15.0 Å². The summed E-state index contributed by atoms with van der Waals surface area (Å²) in [6.45, 7) is 4.93. The molecule has 0 saturated carbocycles. The van der Waals surface area contributed by atoms with Crippen molar-refractivity contribution in [3.8, 4) is 0 Å². The van der Waals surface area contributed by atoms with Crippen LogP contribution < -0.4 is 5.32 Å². The number of hydrogen-bond acceptors (Lipinski definition) is 5. The van der Waals surface area contributed by atoms with Gasteiger partial charge in [0.1, 0.15) is 11.5 Å². The molecule has 1 amide bonds. The lowest BCUT2D eigenvalue weighted by molar-refractivity contribution is -0.137. The van der Waals surface area contributed by atoms with Crippen LogP contribution in [-0.4, -0.2) is 42.8 Å². The molecule has 1 aromatic rings. The van der Waals surface area contributed by atoms with E-state index >= 15 is 0 Å². The minimum Gasteiger partial charge on any atom is -0.466 e. The number of methoxy groups -OCH3 is 1. The minimum atomic E-state index is -0.767. The summed E-state index contributed by atoms with van der Waals surface area (Å²) >= 11 is 0. The third kappa shape index (κ3) is 3.14. The number of allylic oxidation sites excluding steroid dienone is 2. The topological polar surface area (TPSA) is 75.7 Å². The zero-order chi connectivity index (χ0) is 20.9. The zero-order valence-electron chi connectivity index (χ0n) is 16.7. The van der Waals surface area contributed by atoms with E-state index in [0.717, 1.165) is 5.70 Å². The first-order valence-electron chi connectivity index (χ1n) is 9.63. The molecule has 4 rings (SSSR count). The van der Waals surface area contributed by atoms with E-state index in [1.807, 2.05) is 13.8 Å². The van der Waals surface area contributed by atoms with Gasteiger partial charge in [-0.3, -0.25) is 9.59 Å². The largest absolute Gasteiger partial charge is 0.466 e. The number of rotatable bonds is 2. The van der Waals surface area contributed by atoms with Gasteiger partial charge in [0.2, 0.25) is 0 Å². The molecule has 0 bridgehead atoms. The molecule has 1 saturated heterocycles. The van der Waals surface area contributed by atoms with Crippen LogP contribution in [-0.2, 0) is 19.1 Å². The Morgan fingerprint density at radius 1 is 1.21 bits per heavy atom. The number of ketones is 1. The number of piperazine rings is 1. The molecule has 1 aromatic carbocycles. The lowest BCUT2D eigenvalue weighted by Gasteiger charge is -2.46. The second-order valence-corrected chi connectivity index (χ2v) is 8.45. The maximum atomic E-state index is 13.6. The van der Waals surface area contributed by atoms with E-state index in [9.17, 15) is 18.8 Å². The summed E-state index contributed by atoms with van der Waals surface area (Å²) in [7, 11) is 1.25. The van der Waals surface area contributed by atoms with Crippen molar-refractivity contribution < 1.29 is 23.5 Å². The van der Waals surface area contributed by atoms with Gasteiger partial charge in [0.05, 0.1) is 12.7 Å². The third-order valence-electron chi connectivity index (χ3n) is 5.77. The number of nitrogens with one attached hydrogen (secondary N) is 1. The van der Waals surface area contributed by atoms with Crippen LogP contribution in [0.4, 0.5) is 4.39 Å². The van der Waals surface area contributed by atoms with Crippen LogP contribution in [0.15, 0.2) is 46.8 Å². The van der Waals surface area contributed by atoms with E-state index in [4.69, 9.17) is 4.74 Å². The van der Waals surface area contributed by atoms with Crippen molar-refractivity contribution in [2.24, 2.45) is 5.41 Å². The molecule has 1 aliphatic carbocycles. The number of amides is 1. The fraction of sp³-hybridized carbons (Fsp3) is 0.409. The Labute approximate surface area is 168 Å². The van der Waals surface area contributed by atoms with Gasteiger partial charge in [-0.1, -0.05) is 26.0 Å². The fourth-order valence-corrected chi connectivity index (χ4v) is 4.60. The van der Waals surface area contributed by atoms with Crippen molar-refractivity contribution in [3.63, 3.8) is 0 Å². The molecule has 6 nitrogen and oxygen atoms in total. The van der Waals surface area contributed by atoms with Crippen LogP contribution in [0.3, 0.4) is 0 Å². The number of ether oxygens (including phenoxy) is 1. The molecule has 7 heteroatoms. The molecule has 3 aliphatic rings. The molecule has 1 N–H and O–H groups in total. The number of carbonyl (C=O) groups is 3. The SMILES string of the molecule is COC(=O)C1=C2C(=O)NCCN2C2=C(C(=O)CC(C)(C)C2)C1c1ccc(F)cc1. The number of hydrogen-bond donors (Lipinski definition) is 1. The highest BCUT2D eigenvalue weighted by molar-refractivity contribution is 6.09. The van der Waals surface area contributed by atoms with Crippen molar-refractivity contribution in [2.45, 2.75) is 32.6 Å². The number of fused-ring (bicyclic) bond motifs is 2. The molecule has 2 heterocycles. The van der Waals surface area contributed by atoms with E-state index < -0.39 is 17.7 Å². The number of nitrogens with zero attached hydrogens (tertiary/aromatic N) is 1. The first-order valence-corrected chi connectivity index (χ1v) is 9.63. The van der Waals surface area contributed by atoms with Gasteiger partial charge in [0.15, 0.2) is 5.78 Å². The highest BCUT2D eigenvalue weighted by Crippen LogP contribution is 2.50. The number of halogens is 1. The van der Waals surface area contributed by atoms with Crippen molar-refractivity contribution in [2.75, 3.05) is 20.2 Å². The minimum absolute atomic E-state index is 0.0583. The molecule has 0 aromatic heterocycles. The second-order valence-electron chi connectivity index (χ2n) is 8.45. The average Bonchev–Trinajstić information content (AvgIpc) is 2.67. The summed E-state index contributed by atoms with van der Waals surface area (Å²) in [5.41, 5.74) is 1.96. The third-order valence-corrected chi connectivity index (χ3v) is 5.77. The second kappa shape index (κ2) is 6.83. The van der Waals surface area contributed by atoms with Crippen LogP contribution in [0, 0.1) is 11.2 Å².